The lowest BCUT2D eigenvalue weighted by Crippen LogP contribution is -2.39. The van der Waals surface area contributed by atoms with Crippen molar-refractivity contribution < 1.29 is 4.74 Å². The molecule has 5 heteroatoms. The zero-order valence-electron chi connectivity index (χ0n) is 9.94. The van der Waals surface area contributed by atoms with Crippen LogP contribution in [0, 0.1) is 0 Å². The summed E-state index contributed by atoms with van der Waals surface area (Å²) in [4.78, 5) is 4.72. The first-order valence-electron chi connectivity index (χ1n) is 5.78. The van der Waals surface area contributed by atoms with Gasteiger partial charge in [-0.25, -0.2) is 4.98 Å². The van der Waals surface area contributed by atoms with Crippen molar-refractivity contribution in [3.63, 3.8) is 0 Å². The van der Waals surface area contributed by atoms with Crippen molar-refractivity contribution in [3.8, 4) is 17.0 Å². The molecule has 0 saturated carbocycles. The number of halogens is 1. The van der Waals surface area contributed by atoms with E-state index in [9.17, 15) is 0 Å². The van der Waals surface area contributed by atoms with E-state index < -0.39 is 0 Å². The van der Waals surface area contributed by atoms with E-state index in [2.05, 4.69) is 32.7 Å². The Morgan fingerprint density at radius 1 is 1.44 bits per heavy atom. The van der Waals surface area contributed by atoms with Crippen molar-refractivity contribution in [1.82, 2.24) is 10.3 Å². The molecule has 1 aliphatic rings. The number of nitrogens with zero attached hydrogens (tertiary/aromatic N) is 1. The Bertz CT molecular complexity index is 566. The lowest BCUT2D eigenvalue weighted by Gasteiger charge is -2.24. The minimum atomic E-state index is 0.602. The Morgan fingerprint density at radius 3 is 2.89 bits per heavy atom. The molecule has 3 nitrogen and oxygen atoms in total. The molecule has 0 bridgehead atoms. The third-order valence-electron chi connectivity index (χ3n) is 3.10. The summed E-state index contributed by atoms with van der Waals surface area (Å²) in [7, 11) is 1.67. The monoisotopic (exact) mass is 324 g/mol. The number of nitrogens with one attached hydrogen (secondary N) is 1. The molecule has 1 aromatic heterocycles. The van der Waals surface area contributed by atoms with Gasteiger partial charge in [0, 0.05) is 30.0 Å². The molecule has 0 radical (unpaired) electrons. The Morgan fingerprint density at radius 2 is 2.28 bits per heavy atom. The van der Waals surface area contributed by atoms with Crippen molar-refractivity contribution in [2.75, 3.05) is 20.2 Å². The normalized spacial score (nSPS) is 15.4. The molecule has 94 valence electrons. The molecule has 0 spiro atoms. The first kappa shape index (κ1) is 12.1. The summed E-state index contributed by atoms with van der Waals surface area (Å²) in [6.07, 6.45) is 0. The molecule has 0 aliphatic carbocycles. The Kier molecular flexibility index (Phi) is 3.37. The molecular formula is C13H13BrN2OS. The third kappa shape index (κ3) is 2.18. The standard InChI is InChI=1S/C13H13BrN2OS/c1-17-12-3-2-8(4-10(12)14)11-7-18-13(16-11)9-5-15-6-9/h2-4,7,9,15H,5-6H2,1H3. The molecule has 1 aliphatic heterocycles. The number of hydrogen-bond acceptors (Lipinski definition) is 4. The van der Waals surface area contributed by atoms with Gasteiger partial charge in [-0.1, -0.05) is 0 Å². The average Bonchev–Trinajstić information content (AvgIpc) is 2.76. The molecular weight excluding hydrogens is 312 g/mol. The summed E-state index contributed by atoms with van der Waals surface area (Å²) < 4.78 is 6.19. The van der Waals surface area contributed by atoms with Crippen molar-refractivity contribution in [2.45, 2.75) is 5.92 Å². The maximum atomic E-state index is 5.23. The predicted molar refractivity (Wildman–Crippen MR) is 77.4 cm³/mol. The summed E-state index contributed by atoms with van der Waals surface area (Å²) in [5.74, 6) is 1.45. The largest absolute Gasteiger partial charge is 0.496 e. The van der Waals surface area contributed by atoms with Crippen LogP contribution in [0.3, 0.4) is 0 Å². The second-order valence-electron chi connectivity index (χ2n) is 4.28. The van der Waals surface area contributed by atoms with Crippen LogP contribution in [-0.2, 0) is 0 Å². The lowest BCUT2D eigenvalue weighted by atomic mass is 10.1. The van der Waals surface area contributed by atoms with Gasteiger partial charge in [0.2, 0.25) is 0 Å². The number of aromatic nitrogens is 1. The summed E-state index contributed by atoms with van der Waals surface area (Å²) in [5.41, 5.74) is 2.17. The highest BCUT2D eigenvalue weighted by Gasteiger charge is 2.22. The van der Waals surface area contributed by atoms with E-state index in [0.717, 1.165) is 34.6 Å². The van der Waals surface area contributed by atoms with Gasteiger partial charge < -0.3 is 10.1 Å². The van der Waals surface area contributed by atoms with Crippen LogP contribution in [0.4, 0.5) is 0 Å². The molecule has 2 aromatic rings. The maximum Gasteiger partial charge on any atom is 0.133 e. The van der Waals surface area contributed by atoms with Gasteiger partial charge in [-0.3, -0.25) is 0 Å². The number of rotatable bonds is 3. The van der Waals surface area contributed by atoms with Gasteiger partial charge in [0.25, 0.3) is 0 Å². The van der Waals surface area contributed by atoms with Gasteiger partial charge in [0.15, 0.2) is 0 Å². The minimum absolute atomic E-state index is 0.602. The second kappa shape index (κ2) is 4.99. The predicted octanol–water partition coefficient (Wildman–Crippen LogP) is 3.27. The van der Waals surface area contributed by atoms with E-state index in [1.54, 1.807) is 18.4 Å². The molecule has 18 heavy (non-hydrogen) atoms. The SMILES string of the molecule is COc1ccc(-c2csc(C3CNC3)n2)cc1Br. The molecule has 1 saturated heterocycles. The second-order valence-corrected chi connectivity index (χ2v) is 6.02. The fourth-order valence-corrected chi connectivity index (χ4v) is 3.37. The quantitative estimate of drug-likeness (QED) is 0.940. The number of methoxy groups -OCH3 is 1. The molecule has 3 rings (SSSR count). The zero-order valence-corrected chi connectivity index (χ0v) is 12.3. The van der Waals surface area contributed by atoms with Crippen LogP contribution < -0.4 is 10.1 Å². The number of thiazole rings is 1. The summed E-state index contributed by atoms with van der Waals surface area (Å²) in [6.45, 7) is 2.11. The smallest absolute Gasteiger partial charge is 0.133 e. The summed E-state index contributed by atoms with van der Waals surface area (Å²) in [6, 6.07) is 6.06. The first-order chi connectivity index (χ1) is 8.78. The number of ether oxygens (including phenoxy) is 1. The lowest BCUT2D eigenvalue weighted by molar-refractivity contribution is 0.412. The Labute approximate surface area is 118 Å². The van der Waals surface area contributed by atoms with Crippen LogP contribution >= 0.6 is 27.3 Å². The summed E-state index contributed by atoms with van der Waals surface area (Å²) >= 11 is 5.25. The number of benzene rings is 1. The van der Waals surface area contributed by atoms with E-state index in [-0.39, 0.29) is 0 Å². The van der Waals surface area contributed by atoms with Crippen molar-refractivity contribution in [2.24, 2.45) is 0 Å². The van der Waals surface area contributed by atoms with E-state index >= 15 is 0 Å². The highest BCUT2D eigenvalue weighted by Crippen LogP contribution is 2.32. The van der Waals surface area contributed by atoms with Crippen molar-refractivity contribution in [1.29, 1.82) is 0 Å². The van der Waals surface area contributed by atoms with E-state index in [1.807, 2.05) is 12.1 Å². The van der Waals surface area contributed by atoms with Crippen LogP contribution in [0.25, 0.3) is 11.3 Å². The molecule has 0 amide bonds. The van der Waals surface area contributed by atoms with E-state index in [1.165, 1.54) is 5.01 Å². The molecule has 0 unspecified atom stereocenters. The Hall–Kier alpha value is -0.910. The van der Waals surface area contributed by atoms with Gasteiger partial charge in [0.1, 0.15) is 5.75 Å². The fraction of sp³-hybridized carbons (Fsp3) is 0.308. The van der Waals surface area contributed by atoms with Crippen LogP contribution in [0.2, 0.25) is 0 Å². The fourth-order valence-electron chi connectivity index (χ4n) is 1.90. The highest BCUT2D eigenvalue weighted by atomic mass is 79.9. The average molecular weight is 325 g/mol. The topological polar surface area (TPSA) is 34.1 Å². The van der Waals surface area contributed by atoms with Crippen molar-refractivity contribution >= 4 is 27.3 Å². The van der Waals surface area contributed by atoms with Gasteiger partial charge in [0.05, 0.1) is 22.3 Å². The number of hydrogen-bond donors (Lipinski definition) is 1. The minimum Gasteiger partial charge on any atom is -0.496 e. The van der Waals surface area contributed by atoms with Gasteiger partial charge in [-0.15, -0.1) is 11.3 Å². The first-order valence-corrected chi connectivity index (χ1v) is 7.45. The van der Waals surface area contributed by atoms with Gasteiger partial charge in [-0.2, -0.15) is 0 Å². The molecule has 1 aromatic carbocycles. The third-order valence-corrected chi connectivity index (χ3v) is 4.73. The van der Waals surface area contributed by atoms with Gasteiger partial charge >= 0.3 is 0 Å². The molecule has 1 fully saturated rings. The van der Waals surface area contributed by atoms with Gasteiger partial charge in [-0.05, 0) is 34.1 Å². The van der Waals surface area contributed by atoms with Crippen LogP contribution in [-0.4, -0.2) is 25.2 Å². The van der Waals surface area contributed by atoms with E-state index in [4.69, 9.17) is 9.72 Å². The van der Waals surface area contributed by atoms with Crippen LogP contribution in [0.1, 0.15) is 10.9 Å². The highest BCUT2D eigenvalue weighted by molar-refractivity contribution is 9.10. The van der Waals surface area contributed by atoms with Crippen LogP contribution in [0.15, 0.2) is 28.1 Å². The van der Waals surface area contributed by atoms with Crippen molar-refractivity contribution in [3.05, 3.63) is 33.1 Å². The molecule has 2 heterocycles. The Balaban J connectivity index is 1.89. The zero-order chi connectivity index (χ0) is 12.5. The van der Waals surface area contributed by atoms with Crippen LogP contribution in [0.5, 0.6) is 5.75 Å². The maximum absolute atomic E-state index is 5.23. The van der Waals surface area contributed by atoms with E-state index in [0.29, 0.717) is 5.92 Å². The molecule has 1 N–H and O–H groups in total. The molecule has 0 atom stereocenters. The summed E-state index contributed by atoms with van der Waals surface area (Å²) in [5, 5.41) is 6.63.